The molecular weight excluding hydrogens is 371 g/mol. The maximum absolute atomic E-state index is 13.6. The molecule has 1 aromatic heterocycles. The maximum atomic E-state index is 13.6. The predicted octanol–water partition coefficient (Wildman–Crippen LogP) is 3.25. The fourth-order valence-corrected chi connectivity index (χ4v) is 2.76. The fraction of sp³-hybridized carbons (Fsp3) is 0.227. The Bertz CT molecular complexity index is 930. The number of anilines is 1. The molecule has 0 saturated heterocycles. The highest BCUT2D eigenvalue weighted by Crippen LogP contribution is 2.11. The van der Waals surface area contributed by atoms with Crippen LogP contribution in [0.4, 0.5) is 10.3 Å². The van der Waals surface area contributed by atoms with Crippen LogP contribution in [0.3, 0.4) is 0 Å². The van der Waals surface area contributed by atoms with E-state index in [-0.39, 0.29) is 11.7 Å². The van der Waals surface area contributed by atoms with E-state index in [0.717, 1.165) is 11.3 Å². The van der Waals surface area contributed by atoms with Gasteiger partial charge in [-0.15, -0.1) is 0 Å². The standard InChI is InChI=1S/C22H23FN4O2/c1-29-19-8-6-16(7-9-19)10-12-24-21(28)18-14-26-22(27-15-18)25-13-11-17-4-2-3-5-20(17)23/h2-9,14-15H,10-13H2,1H3,(H,24,28)(H,25,26,27). The quantitative estimate of drug-likeness (QED) is 0.583. The van der Waals surface area contributed by atoms with Crippen LogP contribution in [-0.4, -0.2) is 36.1 Å². The molecule has 7 heteroatoms. The van der Waals surface area contributed by atoms with Crippen molar-refractivity contribution in [3.8, 4) is 5.75 Å². The summed E-state index contributed by atoms with van der Waals surface area (Å²) in [6.07, 6.45) is 4.18. The molecule has 0 bridgehead atoms. The minimum absolute atomic E-state index is 0.225. The zero-order chi connectivity index (χ0) is 20.5. The van der Waals surface area contributed by atoms with Crippen molar-refractivity contribution in [1.29, 1.82) is 0 Å². The Morgan fingerprint density at radius 2 is 1.72 bits per heavy atom. The molecule has 0 atom stereocenters. The van der Waals surface area contributed by atoms with Crippen molar-refractivity contribution >= 4 is 11.9 Å². The van der Waals surface area contributed by atoms with Crippen LogP contribution in [-0.2, 0) is 12.8 Å². The molecule has 0 spiro atoms. The Morgan fingerprint density at radius 1 is 1.00 bits per heavy atom. The number of methoxy groups -OCH3 is 1. The van der Waals surface area contributed by atoms with E-state index in [1.54, 1.807) is 25.3 Å². The largest absolute Gasteiger partial charge is 0.497 e. The summed E-state index contributed by atoms with van der Waals surface area (Å²) in [5.41, 5.74) is 2.13. The summed E-state index contributed by atoms with van der Waals surface area (Å²) < 4.78 is 18.7. The summed E-state index contributed by atoms with van der Waals surface area (Å²) >= 11 is 0. The smallest absolute Gasteiger partial charge is 0.254 e. The molecule has 0 aliphatic heterocycles. The molecule has 2 N–H and O–H groups in total. The van der Waals surface area contributed by atoms with Crippen LogP contribution in [0.2, 0.25) is 0 Å². The van der Waals surface area contributed by atoms with Crippen LogP contribution in [0.5, 0.6) is 5.75 Å². The minimum atomic E-state index is -0.226. The lowest BCUT2D eigenvalue weighted by Crippen LogP contribution is -2.26. The third-order valence-electron chi connectivity index (χ3n) is 4.41. The van der Waals surface area contributed by atoms with Gasteiger partial charge < -0.3 is 15.4 Å². The molecule has 29 heavy (non-hydrogen) atoms. The molecule has 3 aromatic rings. The maximum Gasteiger partial charge on any atom is 0.254 e. The van der Waals surface area contributed by atoms with Gasteiger partial charge in [0.1, 0.15) is 11.6 Å². The number of amides is 1. The Labute approximate surface area is 169 Å². The van der Waals surface area contributed by atoms with Crippen molar-refractivity contribution in [1.82, 2.24) is 15.3 Å². The van der Waals surface area contributed by atoms with Gasteiger partial charge in [0.25, 0.3) is 5.91 Å². The van der Waals surface area contributed by atoms with Crippen LogP contribution in [0.15, 0.2) is 60.9 Å². The molecule has 0 saturated carbocycles. The monoisotopic (exact) mass is 394 g/mol. The van der Waals surface area contributed by atoms with E-state index in [2.05, 4.69) is 20.6 Å². The number of aromatic nitrogens is 2. The Kier molecular flexibility index (Phi) is 7.10. The summed E-state index contributed by atoms with van der Waals surface area (Å²) in [5.74, 6) is 0.752. The predicted molar refractivity (Wildman–Crippen MR) is 110 cm³/mol. The van der Waals surface area contributed by atoms with Crippen molar-refractivity contribution in [2.75, 3.05) is 25.5 Å². The first-order valence-corrected chi connectivity index (χ1v) is 9.36. The molecular formula is C22H23FN4O2. The van der Waals surface area contributed by atoms with E-state index in [4.69, 9.17) is 4.74 Å². The first kappa shape index (κ1) is 20.3. The first-order chi connectivity index (χ1) is 14.2. The number of halogens is 1. The second kappa shape index (κ2) is 10.2. The molecule has 0 fully saturated rings. The normalized spacial score (nSPS) is 10.4. The van der Waals surface area contributed by atoms with Crippen LogP contribution < -0.4 is 15.4 Å². The van der Waals surface area contributed by atoms with E-state index >= 15 is 0 Å². The molecule has 1 heterocycles. The average Bonchev–Trinajstić information content (AvgIpc) is 2.76. The molecule has 1 amide bonds. The highest BCUT2D eigenvalue weighted by Gasteiger charge is 2.07. The summed E-state index contributed by atoms with van der Waals surface area (Å²) in [5, 5.41) is 5.88. The highest BCUT2D eigenvalue weighted by molar-refractivity contribution is 5.93. The summed E-state index contributed by atoms with van der Waals surface area (Å²) in [4.78, 5) is 20.5. The van der Waals surface area contributed by atoms with E-state index in [9.17, 15) is 9.18 Å². The fourth-order valence-electron chi connectivity index (χ4n) is 2.76. The van der Waals surface area contributed by atoms with E-state index in [1.165, 1.54) is 18.5 Å². The molecule has 3 rings (SSSR count). The third kappa shape index (κ3) is 6.00. The van der Waals surface area contributed by atoms with Crippen molar-refractivity contribution in [2.24, 2.45) is 0 Å². The SMILES string of the molecule is COc1ccc(CCNC(=O)c2cnc(NCCc3ccccc3F)nc2)cc1. The number of rotatable bonds is 9. The van der Waals surface area contributed by atoms with Gasteiger partial charge in [0, 0.05) is 25.5 Å². The van der Waals surface area contributed by atoms with Crippen molar-refractivity contribution in [3.05, 3.63) is 83.4 Å². The van der Waals surface area contributed by atoms with Gasteiger partial charge in [-0.25, -0.2) is 14.4 Å². The number of hydrogen-bond donors (Lipinski definition) is 2. The van der Waals surface area contributed by atoms with Crippen LogP contribution in [0.25, 0.3) is 0 Å². The lowest BCUT2D eigenvalue weighted by Gasteiger charge is -2.08. The average molecular weight is 394 g/mol. The van der Waals surface area contributed by atoms with Gasteiger partial charge in [-0.1, -0.05) is 30.3 Å². The van der Waals surface area contributed by atoms with Gasteiger partial charge in [0.15, 0.2) is 0 Å². The molecule has 2 aromatic carbocycles. The van der Waals surface area contributed by atoms with E-state index in [1.807, 2.05) is 24.3 Å². The first-order valence-electron chi connectivity index (χ1n) is 9.36. The van der Waals surface area contributed by atoms with Crippen molar-refractivity contribution in [2.45, 2.75) is 12.8 Å². The van der Waals surface area contributed by atoms with E-state index < -0.39 is 0 Å². The van der Waals surface area contributed by atoms with Crippen LogP contribution >= 0.6 is 0 Å². The lowest BCUT2D eigenvalue weighted by molar-refractivity contribution is 0.0953. The van der Waals surface area contributed by atoms with Gasteiger partial charge in [0.2, 0.25) is 5.95 Å². The number of ether oxygens (including phenoxy) is 1. The summed E-state index contributed by atoms with van der Waals surface area (Å²) in [6.45, 7) is 1.00. The highest BCUT2D eigenvalue weighted by atomic mass is 19.1. The number of nitrogens with zero attached hydrogens (tertiary/aromatic N) is 2. The second-order valence-corrected chi connectivity index (χ2v) is 6.42. The molecule has 0 aliphatic rings. The van der Waals surface area contributed by atoms with Gasteiger partial charge in [-0.05, 0) is 42.2 Å². The molecule has 0 radical (unpaired) electrons. The van der Waals surface area contributed by atoms with Crippen molar-refractivity contribution < 1.29 is 13.9 Å². The lowest BCUT2D eigenvalue weighted by atomic mass is 10.1. The van der Waals surface area contributed by atoms with E-state index in [0.29, 0.717) is 43.0 Å². The zero-order valence-electron chi connectivity index (χ0n) is 16.2. The van der Waals surface area contributed by atoms with Crippen LogP contribution in [0, 0.1) is 5.82 Å². The number of carbonyl (C=O) groups is 1. The Morgan fingerprint density at radius 3 is 2.41 bits per heavy atom. The van der Waals surface area contributed by atoms with Gasteiger partial charge in [0.05, 0.1) is 12.7 Å². The number of benzene rings is 2. The Balaban J connectivity index is 1.42. The molecule has 0 unspecified atom stereocenters. The van der Waals surface area contributed by atoms with Gasteiger partial charge in [-0.3, -0.25) is 4.79 Å². The molecule has 150 valence electrons. The number of hydrogen-bond acceptors (Lipinski definition) is 5. The molecule has 6 nitrogen and oxygen atoms in total. The third-order valence-corrected chi connectivity index (χ3v) is 4.41. The van der Waals surface area contributed by atoms with Crippen LogP contribution in [0.1, 0.15) is 21.5 Å². The zero-order valence-corrected chi connectivity index (χ0v) is 16.2. The number of carbonyl (C=O) groups excluding carboxylic acids is 1. The minimum Gasteiger partial charge on any atom is -0.497 e. The number of nitrogens with one attached hydrogen (secondary N) is 2. The Hall–Kier alpha value is -3.48. The van der Waals surface area contributed by atoms with Gasteiger partial charge >= 0.3 is 0 Å². The summed E-state index contributed by atoms with van der Waals surface area (Å²) in [6, 6.07) is 14.4. The van der Waals surface area contributed by atoms with Crippen molar-refractivity contribution in [3.63, 3.8) is 0 Å². The topological polar surface area (TPSA) is 76.1 Å². The molecule has 0 aliphatic carbocycles. The summed E-state index contributed by atoms with van der Waals surface area (Å²) in [7, 11) is 1.63. The van der Waals surface area contributed by atoms with Gasteiger partial charge in [-0.2, -0.15) is 0 Å². The second-order valence-electron chi connectivity index (χ2n) is 6.42.